The van der Waals surface area contributed by atoms with E-state index in [-0.39, 0.29) is 3.67 Å². The SMILES string of the molecule is Cc1ccc(C)c2c1C=C[CH]2[Hf]([Cl])([Cl])([C]1=Cc2c(C(C)C)ccc(C(C)C)c2C1)[CH](O)CO. The molecule has 0 aromatic heterocycles. The summed E-state index contributed by atoms with van der Waals surface area (Å²) in [5, 5.41) is 21.6. The molecule has 0 saturated carbocycles. The van der Waals surface area contributed by atoms with Crippen LogP contribution in [0.3, 0.4) is 0 Å². The van der Waals surface area contributed by atoms with Gasteiger partial charge in [0.05, 0.1) is 0 Å². The van der Waals surface area contributed by atoms with Gasteiger partial charge in [-0.1, -0.05) is 0 Å². The molecule has 2 N–H and O–H groups in total. The minimum atomic E-state index is -5.42. The molecule has 2 aromatic carbocycles. The number of halogens is 2. The standard InChI is InChI=1S/C15H19.C11H11.C2H5O2.2ClH.Hf/c1-10(2)12-8-9-13(11(3)4)15-7-5-6-14(12)15;1-8-6-7-9(2)11-5-3-4-10(8)11;3-1-2-4;;;/h6,8-11H,7H2,1-4H3;3-7H,1-2H3;1,3-4H,2H2;2*1H;/q;;;;;+2/p-2. The number of aryl methyl sites for hydroxylation is 2. The van der Waals surface area contributed by atoms with Crippen molar-refractivity contribution in [1.82, 2.24) is 0 Å². The van der Waals surface area contributed by atoms with Crippen molar-refractivity contribution in [3.05, 3.63) is 78.2 Å². The van der Waals surface area contributed by atoms with E-state index in [9.17, 15) is 10.2 Å². The molecule has 0 saturated heterocycles. The zero-order chi connectivity index (χ0) is 24.3. The molecule has 0 heterocycles. The molecule has 177 valence electrons. The Hall–Kier alpha value is -0.710. The number of fused-ring (bicyclic) bond motifs is 2. The second-order valence-electron chi connectivity index (χ2n) is 10.5. The van der Waals surface area contributed by atoms with Crippen molar-refractivity contribution < 1.29 is 26.3 Å². The van der Waals surface area contributed by atoms with Crippen LogP contribution in [0.4, 0.5) is 0 Å². The number of hydrogen-bond acceptors (Lipinski definition) is 2. The van der Waals surface area contributed by atoms with Crippen LogP contribution < -0.4 is 0 Å². The number of hydrogen-bond donors (Lipinski definition) is 2. The van der Waals surface area contributed by atoms with Crippen LogP contribution in [-0.2, 0) is 22.6 Å². The van der Waals surface area contributed by atoms with Crippen LogP contribution in [-0.4, -0.2) is 20.7 Å². The monoisotopic (exact) mass is 653 g/mol. The first-order valence-electron chi connectivity index (χ1n) is 11.9. The molecule has 2 nitrogen and oxygen atoms in total. The molecule has 33 heavy (non-hydrogen) atoms. The topological polar surface area (TPSA) is 40.5 Å². The van der Waals surface area contributed by atoms with E-state index in [4.69, 9.17) is 17.2 Å². The molecule has 0 bridgehead atoms. The van der Waals surface area contributed by atoms with Crippen molar-refractivity contribution >= 4 is 29.3 Å². The summed E-state index contributed by atoms with van der Waals surface area (Å²) in [6.45, 7) is 12.6. The fourth-order valence-corrected chi connectivity index (χ4v) is 25.8. The van der Waals surface area contributed by atoms with Gasteiger partial charge in [-0.3, -0.25) is 0 Å². The van der Waals surface area contributed by atoms with Crippen molar-refractivity contribution in [3.63, 3.8) is 0 Å². The molecule has 2 aliphatic rings. The summed E-state index contributed by atoms with van der Waals surface area (Å²) < 4.78 is -0.449. The van der Waals surface area contributed by atoms with E-state index in [1.165, 1.54) is 27.8 Å². The number of benzene rings is 2. The van der Waals surface area contributed by atoms with E-state index in [0.29, 0.717) is 18.3 Å². The quantitative estimate of drug-likeness (QED) is 0.317. The fourth-order valence-electron chi connectivity index (χ4n) is 5.84. The van der Waals surface area contributed by atoms with Gasteiger partial charge in [-0.05, 0) is 0 Å². The molecule has 0 amide bonds. The molecule has 0 spiro atoms. The van der Waals surface area contributed by atoms with Gasteiger partial charge in [-0.2, -0.15) is 0 Å². The molecule has 2 aromatic rings. The number of aliphatic hydroxyl groups is 2. The third-order valence-corrected chi connectivity index (χ3v) is 36.2. The summed E-state index contributed by atoms with van der Waals surface area (Å²) in [7, 11) is 15.4. The predicted molar refractivity (Wildman–Crippen MR) is 139 cm³/mol. The molecular weight excluding hydrogens is 618 g/mol. The summed E-state index contributed by atoms with van der Waals surface area (Å²) >= 11 is -5.42. The van der Waals surface area contributed by atoms with Gasteiger partial charge in [-0.15, -0.1) is 0 Å². The zero-order valence-corrected chi connectivity index (χ0v) is 25.5. The van der Waals surface area contributed by atoms with Gasteiger partial charge in [0.25, 0.3) is 0 Å². The maximum atomic E-state index is 11.4. The maximum absolute atomic E-state index is 11.4. The average molecular weight is 653 g/mol. The van der Waals surface area contributed by atoms with Crippen LogP contribution >= 0.6 is 17.2 Å². The first-order chi connectivity index (χ1) is 15.4. The van der Waals surface area contributed by atoms with E-state index < -0.39 is 26.6 Å². The van der Waals surface area contributed by atoms with Gasteiger partial charge < -0.3 is 0 Å². The van der Waals surface area contributed by atoms with E-state index in [1.807, 2.05) is 0 Å². The summed E-state index contributed by atoms with van der Waals surface area (Å²) in [4.78, 5) is 0. The summed E-state index contributed by atoms with van der Waals surface area (Å²) in [6.07, 6.45) is 7.03. The second-order valence-corrected chi connectivity index (χ2v) is 40.6. The van der Waals surface area contributed by atoms with Gasteiger partial charge >= 0.3 is 208 Å². The second kappa shape index (κ2) is 8.75. The zero-order valence-electron chi connectivity index (χ0n) is 20.4. The molecule has 2 atom stereocenters. The van der Waals surface area contributed by atoms with Crippen LogP contribution in [0, 0.1) is 13.8 Å². The van der Waals surface area contributed by atoms with E-state index in [0.717, 1.165) is 20.0 Å². The van der Waals surface area contributed by atoms with Gasteiger partial charge in [0.15, 0.2) is 0 Å². The van der Waals surface area contributed by atoms with Gasteiger partial charge in [0, 0.05) is 0 Å². The van der Waals surface area contributed by atoms with E-state index in [1.54, 1.807) is 0 Å². The summed E-state index contributed by atoms with van der Waals surface area (Å²) in [5.74, 6) is 0.738. The number of allylic oxidation sites excluding steroid dienone is 2. The van der Waals surface area contributed by atoms with Gasteiger partial charge in [0.1, 0.15) is 0 Å². The minimum absolute atomic E-state index is 0.270. The summed E-state index contributed by atoms with van der Waals surface area (Å²) in [6, 6.07) is 8.69. The third kappa shape index (κ3) is 3.78. The van der Waals surface area contributed by atoms with Crippen LogP contribution in [0.5, 0.6) is 0 Å². The van der Waals surface area contributed by atoms with Crippen molar-refractivity contribution in [1.29, 1.82) is 0 Å². The van der Waals surface area contributed by atoms with E-state index in [2.05, 4.69) is 84.0 Å². The Morgan fingerprint density at radius 2 is 1.55 bits per heavy atom. The van der Waals surface area contributed by atoms with Crippen LogP contribution in [0.15, 0.2) is 33.7 Å². The Balaban J connectivity index is 1.96. The average Bonchev–Trinajstić information content (AvgIpc) is 3.41. The molecule has 0 fully saturated rings. The molecule has 2 aliphatic carbocycles. The van der Waals surface area contributed by atoms with Gasteiger partial charge in [-0.25, -0.2) is 0 Å². The Bertz CT molecular complexity index is 1180. The van der Waals surface area contributed by atoms with Crippen molar-refractivity contribution in [2.75, 3.05) is 6.61 Å². The predicted octanol–water partition coefficient (Wildman–Crippen LogP) is 7.52. The van der Waals surface area contributed by atoms with Crippen molar-refractivity contribution in [2.45, 2.75) is 67.3 Å². The van der Waals surface area contributed by atoms with E-state index >= 15 is 0 Å². The molecule has 4 rings (SSSR count). The first-order valence-corrected chi connectivity index (χ1v) is 26.8. The Labute approximate surface area is 206 Å². The molecule has 0 aliphatic heterocycles. The third-order valence-electron chi connectivity index (χ3n) is 7.81. The van der Waals surface area contributed by atoms with Crippen LogP contribution in [0.25, 0.3) is 12.2 Å². The van der Waals surface area contributed by atoms with Gasteiger partial charge in [0.2, 0.25) is 0 Å². The summed E-state index contributed by atoms with van der Waals surface area (Å²) in [5.41, 5.74) is 9.65. The van der Waals surface area contributed by atoms with Crippen molar-refractivity contribution in [2.24, 2.45) is 0 Å². The Morgan fingerprint density at radius 1 is 0.939 bits per heavy atom. The Kier molecular flexibility index (Phi) is 6.73. The molecule has 2 unspecified atom stereocenters. The molecular formula is C28H35Cl2HfO2. The van der Waals surface area contributed by atoms with Crippen LogP contribution in [0.1, 0.15) is 87.7 Å². The Morgan fingerprint density at radius 3 is 2.15 bits per heavy atom. The normalized spacial score (nSPS) is 19.5. The molecule has 0 radical (unpaired) electrons. The van der Waals surface area contributed by atoms with Crippen LogP contribution in [0.2, 0.25) is 0 Å². The first kappa shape index (κ1) is 25.4. The number of aliphatic hydroxyl groups excluding tert-OH is 2. The molecule has 5 heteroatoms. The van der Waals surface area contributed by atoms with Crippen molar-refractivity contribution in [3.8, 4) is 0 Å². The number of rotatable bonds is 6. The fraction of sp³-hybridized carbons (Fsp3) is 0.429.